The zero-order chi connectivity index (χ0) is 15.9. The van der Waals surface area contributed by atoms with Crippen molar-refractivity contribution < 1.29 is 9.59 Å². The minimum atomic E-state index is -0.324. The maximum Gasteiger partial charge on any atom is 0.233 e. The van der Waals surface area contributed by atoms with E-state index in [1.54, 1.807) is 0 Å². The van der Waals surface area contributed by atoms with Crippen LogP contribution in [0.3, 0.4) is 0 Å². The van der Waals surface area contributed by atoms with Gasteiger partial charge >= 0.3 is 0 Å². The van der Waals surface area contributed by atoms with Crippen LogP contribution in [-0.4, -0.2) is 26.9 Å². The molecule has 1 amide bonds. The fourth-order valence-corrected chi connectivity index (χ4v) is 3.85. The van der Waals surface area contributed by atoms with Crippen molar-refractivity contribution in [2.24, 2.45) is 0 Å². The number of ketones is 1. The number of hydrogen-bond acceptors (Lipinski definition) is 5. The summed E-state index contributed by atoms with van der Waals surface area (Å²) < 4.78 is 0. The lowest BCUT2D eigenvalue weighted by Crippen LogP contribution is -2.19. The predicted molar refractivity (Wildman–Crippen MR) is 84.5 cm³/mol. The smallest absolute Gasteiger partial charge is 0.233 e. The summed E-state index contributed by atoms with van der Waals surface area (Å²) in [5, 5.41) is 10.4. The zero-order valence-corrected chi connectivity index (χ0v) is 13.6. The number of carbonyl (C=O) groups excluding carboxylic acids is 2. The van der Waals surface area contributed by atoms with E-state index in [-0.39, 0.29) is 17.6 Å². The molecule has 6 nitrogen and oxygen atoms in total. The van der Waals surface area contributed by atoms with Crippen LogP contribution in [-0.2, 0) is 11.2 Å². The normalized spacial score (nSPS) is 15.5. The van der Waals surface area contributed by atoms with Crippen molar-refractivity contribution >= 4 is 28.2 Å². The van der Waals surface area contributed by atoms with Crippen LogP contribution in [0.1, 0.15) is 58.0 Å². The maximum absolute atomic E-state index is 12.4. The average Bonchev–Trinajstić information content (AvgIpc) is 3.02. The molecule has 1 aliphatic rings. The molecule has 0 saturated heterocycles. The Morgan fingerprint density at radius 3 is 2.77 bits per heavy atom. The highest BCUT2D eigenvalue weighted by Crippen LogP contribution is 2.30. The van der Waals surface area contributed by atoms with Crippen LogP contribution < -0.4 is 5.32 Å². The molecular formula is C15H18N4O2S. The largest absolute Gasteiger partial charge is 0.301 e. The minimum absolute atomic E-state index is 0.133. The third kappa shape index (κ3) is 2.56. The molecule has 0 spiro atoms. The third-order valence-corrected chi connectivity index (χ3v) is 5.06. The number of aromatic amines is 1. The number of hydrogen-bond donors (Lipinski definition) is 2. The van der Waals surface area contributed by atoms with Crippen LogP contribution in [0.4, 0.5) is 5.13 Å². The Bertz CT molecular complexity index is 727. The molecular weight excluding hydrogens is 300 g/mol. The van der Waals surface area contributed by atoms with Gasteiger partial charge in [0.05, 0.1) is 22.2 Å². The summed E-state index contributed by atoms with van der Waals surface area (Å²) in [5.41, 5.74) is 3.46. The molecule has 2 N–H and O–H groups in total. The van der Waals surface area contributed by atoms with Crippen molar-refractivity contribution in [3.8, 4) is 0 Å². The first-order valence-corrected chi connectivity index (χ1v) is 8.14. The van der Waals surface area contributed by atoms with Crippen LogP contribution in [0.25, 0.3) is 0 Å². The van der Waals surface area contributed by atoms with Gasteiger partial charge in [0.1, 0.15) is 0 Å². The third-order valence-electron chi connectivity index (χ3n) is 4.01. The minimum Gasteiger partial charge on any atom is -0.301 e. The summed E-state index contributed by atoms with van der Waals surface area (Å²) in [6.45, 7) is 5.63. The number of amides is 1. The van der Waals surface area contributed by atoms with Gasteiger partial charge in [-0.15, -0.1) is 0 Å². The second-order valence-electron chi connectivity index (χ2n) is 5.63. The molecule has 0 fully saturated rings. The summed E-state index contributed by atoms with van der Waals surface area (Å²) in [6, 6.07) is 0. The van der Waals surface area contributed by atoms with E-state index >= 15 is 0 Å². The van der Waals surface area contributed by atoms with Crippen molar-refractivity contribution in [2.45, 2.75) is 46.0 Å². The molecule has 1 aliphatic carbocycles. The van der Waals surface area contributed by atoms with Crippen molar-refractivity contribution in [2.75, 3.05) is 5.32 Å². The molecule has 0 aromatic carbocycles. The molecule has 3 rings (SSSR count). The van der Waals surface area contributed by atoms with Gasteiger partial charge in [-0.25, -0.2) is 4.98 Å². The van der Waals surface area contributed by atoms with Crippen molar-refractivity contribution in [3.05, 3.63) is 27.5 Å². The number of nitrogens with one attached hydrogen (secondary N) is 2. The van der Waals surface area contributed by atoms with Crippen molar-refractivity contribution in [1.29, 1.82) is 0 Å². The second kappa shape index (κ2) is 5.64. The molecule has 0 saturated carbocycles. The molecule has 2 aromatic rings. The molecule has 22 heavy (non-hydrogen) atoms. The summed E-state index contributed by atoms with van der Waals surface area (Å²) in [4.78, 5) is 29.4. The summed E-state index contributed by atoms with van der Waals surface area (Å²) in [6.07, 6.45) is 2.22. The Morgan fingerprint density at radius 2 is 2.14 bits per heavy atom. The molecule has 0 unspecified atom stereocenters. The number of rotatable bonds is 3. The predicted octanol–water partition coefficient (Wildman–Crippen LogP) is 2.74. The molecule has 0 aliphatic heterocycles. The number of thiazole rings is 1. The fraction of sp³-hybridized carbons (Fsp3) is 0.467. The zero-order valence-electron chi connectivity index (χ0n) is 12.8. The number of Topliss-reactive ketones (excluding diaryl/α,β-unsaturated/α-hetero) is 1. The first-order chi connectivity index (χ1) is 10.5. The first kappa shape index (κ1) is 14.9. The Hall–Kier alpha value is -2.02. The van der Waals surface area contributed by atoms with E-state index in [1.807, 2.05) is 20.8 Å². The lowest BCUT2D eigenvalue weighted by Gasteiger charge is -2.11. The number of anilines is 1. The van der Waals surface area contributed by atoms with Gasteiger partial charge in [0.25, 0.3) is 0 Å². The maximum atomic E-state index is 12.4. The second-order valence-corrected chi connectivity index (χ2v) is 6.63. The van der Waals surface area contributed by atoms with Gasteiger partial charge in [-0.05, 0) is 33.6 Å². The topological polar surface area (TPSA) is 87.7 Å². The van der Waals surface area contributed by atoms with Crippen LogP contribution >= 0.6 is 11.3 Å². The highest BCUT2D eigenvalue weighted by molar-refractivity contribution is 7.17. The van der Waals surface area contributed by atoms with E-state index in [4.69, 9.17) is 0 Å². The van der Waals surface area contributed by atoms with E-state index in [0.717, 1.165) is 35.5 Å². The molecule has 0 bridgehead atoms. The Kier molecular flexibility index (Phi) is 3.82. The summed E-state index contributed by atoms with van der Waals surface area (Å²) >= 11 is 1.28. The van der Waals surface area contributed by atoms with Crippen molar-refractivity contribution in [1.82, 2.24) is 15.2 Å². The molecule has 1 atom stereocenters. The molecule has 7 heteroatoms. The van der Waals surface area contributed by atoms with E-state index in [1.165, 1.54) is 11.3 Å². The van der Waals surface area contributed by atoms with Crippen molar-refractivity contribution in [3.63, 3.8) is 0 Å². The van der Waals surface area contributed by atoms with Gasteiger partial charge < -0.3 is 5.32 Å². The van der Waals surface area contributed by atoms with Gasteiger partial charge in [0.15, 0.2) is 10.9 Å². The standard InChI is InChI=1S/C15H18N4O2S/c1-7(12-8(2)18-19-9(12)3)14(21)17-15-16-10-5-4-6-11(20)13(10)22-15/h7H,4-6H2,1-3H3,(H,18,19)(H,16,17,21)/t7-/m1/s1. The fourth-order valence-electron chi connectivity index (χ4n) is 2.86. The average molecular weight is 318 g/mol. The van der Waals surface area contributed by atoms with Gasteiger partial charge in [-0.2, -0.15) is 5.10 Å². The highest BCUT2D eigenvalue weighted by Gasteiger charge is 2.25. The number of H-pyrrole nitrogens is 1. The van der Waals surface area contributed by atoms with E-state index in [0.29, 0.717) is 16.4 Å². The number of fused-ring (bicyclic) bond motifs is 1. The van der Waals surface area contributed by atoms with Crippen LogP contribution in [0.2, 0.25) is 0 Å². The molecule has 2 aromatic heterocycles. The monoisotopic (exact) mass is 318 g/mol. The Morgan fingerprint density at radius 1 is 1.36 bits per heavy atom. The lowest BCUT2D eigenvalue weighted by molar-refractivity contribution is -0.117. The van der Waals surface area contributed by atoms with Gasteiger partial charge in [0, 0.05) is 17.7 Å². The molecule has 2 heterocycles. The number of nitrogens with zero attached hydrogens (tertiary/aromatic N) is 2. The van der Waals surface area contributed by atoms with Crippen LogP contribution in [0.15, 0.2) is 0 Å². The SMILES string of the molecule is Cc1n[nH]c(C)c1[C@@H](C)C(=O)Nc1nc2c(s1)C(=O)CCC2. The van der Waals surface area contributed by atoms with Gasteiger partial charge in [0.2, 0.25) is 5.91 Å². The van der Waals surface area contributed by atoms with Crippen LogP contribution in [0, 0.1) is 13.8 Å². The first-order valence-electron chi connectivity index (χ1n) is 7.32. The lowest BCUT2D eigenvalue weighted by atomic mass is 9.98. The van der Waals surface area contributed by atoms with Crippen LogP contribution in [0.5, 0.6) is 0 Å². The van der Waals surface area contributed by atoms with Gasteiger partial charge in [-0.1, -0.05) is 11.3 Å². The Labute approximate surface area is 132 Å². The Balaban J connectivity index is 1.79. The van der Waals surface area contributed by atoms with Gasteiger partial charge in [-0.3, -0.25) is 14.7 Å². The highest BCUT2D eigenvalue weighted by atomic mass is 32.1. The molecule has 0 radical (unpaired) electrons. The number of carbonyl (C=O) groups is 2. The summed E-state index contributed by atoms with van der Waals surface area (Å²) in [5.74, 6) is -0.324. The number of aryl methyl sites for hydroxylation is 3. The quantitative estimate of drug-likeness (QED) is 0.911. The van der Waals surface area contributed by atoms with E-state index in [9.17, 15) is 9.59 Å². The molecule has 116 valence electrons. The number of aromatic nitrogens is 3. The van der Waals surface area contributed by atoms with E-state index < -0.39 is 0 Å². The van der Waals surface area contributed by atoms with E-state index in [2.05, 4.69) is 20.5 Å². The summed E-state index contributed by atoms with van der Waals surface area (Å²) in [7, 11) is 0.